The maximum Gasteiger partial charge on any atom is 0.391 e. The van der Waals surface area contributed by atoms with Crippen LogP contribution in [0.2, 0.25) is 0 Å². The number of rotatable bonds is 3. The molecule has 72 valence electrons. The summed E-state index contributed by atoms with van der Waals surface area (Å²) in [5.74, 6) is 0.313. The van der Waals surface area contributed by atoms with Gasteiger partial charge < -0.3 is 20.0 Å². The van der Waals surface area contributed by atoms with E-state index in [0.29, 0.717) is 11.4 Å². The van der Waals surface area contributed by atoms with Crippen molar-refractivity contribution in [2.75, 3.05) is 5.73 Å². The number of nitrogen functional groups attached to an aromatic ring is 1. The van der Waals surface area contributed by atoms with Crippen LogP contribution in [-0.4, -0.2) is 9.79 Å². The lowest BCUT2D eigenvalue weighted by molar-refractivity contribution is 0.376. The maximum absolute atomic E-state index is 8.60. The van der Waals surface area contributed by atoms with E-state index in [0.717, 1.165) is 12.0 Å². The Hall–Kier alpha value is -0.830. The van der Waals surface area contributed by atoms with E-state index < -0.39 is 8.60 Å². The van der Waals surface area contributed by atoms with Crippen molar-refractivity contribution >= 4 is 14.3 Å². The van der Waals surface area contributed by atoms with E-state index in [1.807, 2.05) is 13.0 Å². The summed E-state index contributed by atoms with van der Waals surface area (Å²) in [7, 11) is -2.39. The van der Waals surface area contributed by atoms with Gasteiger partial charge in [-0.3, -0.25) is 0 Å². The second-order valence-corrected chi connectivity index (χ2v) is 3.26. The Kier molecular flexibility index (Phi) is 3.48. The largest absolute Gasteiger partial charge is 0.425 e. The number of benzene rings is 1. The van der Waals surface area contributed by atoms with Gasteiger partial charge in [-0.05, 0) is 24.1 Å². The van der Waals surface area contributed by atoms with E-state index in [9.17, 15) is 0 Å². The van der Waals surface area contributed by atoms with Crippen molar-refractivity contribution in [3.63, 3.8) is 0 Å². The molecule has 5 heteroatoms. The van der Waals surface area contributed by atoms with Gasteiger partial charge in [-0.15, -0.1) is 0 Å². The second-order valence-electron chi connectivity index (χ2n) is 2.57. The minimum absolute atomic E-state index is 0.313. The van der Waals surface area contributed by atoms with Crippen molar-refractivity contribution in [1.82, 2.24) is 0 Å². The van der Waals surface area contributed by atoms with Gasteiger partial charge in [0.1, 0.15) is 0 Å². The van der Waals surface area contributed by atoms with Gasteiger partial charge in [-0.2, -0.15) is 0 Å². The van der Waals surface area contributed by atoms with Crippen molar-refractivity contribution in [3.8, 4) is 5.75 Å². The molecule has 0 atom stereocenters. The molecule has 4 nitrogen and oxygen atoms in total. The average molecular weight is 201 g/mol. The normalized spacial score (nSPS) is 10.5. The molecule has 0 unspecified atom stereocenters. The molecule has 0 saturated carbocycles. The minimum atomic E-state index is -2.39. The number of aryl methyl sites for hydroxylation is 1. The van der Waals surface area contributed by atoms with Crippen LogP contribution in [0.15, 0.2) is 18.2 Å². The first-order chi connectivity index (χ1) is 6.13. The Bertz CT molecular complexity index is 291. The molecule has 0 saturated heterocycles. The Labute approximate surface area is 78.0 Å². The first-order valence-electron chi connectivity index (χ1n) is 3.87. The molecule has 13 heavy (non-hydrogen) atoms. The van der Waals surface area contributed by atoms with Gasteiger partial charge in [-0.1, -0.05) is 13.0 Å². The molecule has 0 aromatic heterocycles. The van der Waals surface area contributed by atoms with Crippen LogP contribution in [0.4, 0.5) is 5.69 Å². The molecule has 1 aromatic rings. The van der Waals surface area contributed by atoms with Gasteiger partial charge in [0, 0.05) is 0 Å². The van der Waals surface area contributed by atoms with Gasteiger partial charge in [0.05, 0.1) is 5.69 Å². The standard InChI is InChI=1S/C8H12NO3P/c1-2-6-3-4-8(7(9)5-6)12-13(10)11/h3-5,10-11H,2,9H2,1H3. The molecule has 0 fully saturated rings. The van der Waals surface area contributed by atoms with Crippen LogP contribution in [0.1, 0.15) is 12.5 Å². The first kappa shape index (κ1) is 10.3. The molecule has 1 aromatic carbocycles. The summed E-state index contributed by atoms with van der Waals surface area (Å²) in [5, 5.41) is 0. The second kappa shape index (κ2) is 4.42. The molecule has 0 amide bonds. The smallest absolute Gasteiger partial charge is 0.391 e. The lowest BCUT2D eigenvalue weighted by atomic mass is 10.1. The summed E-state index contributed by atoms with van der Waals surface area (Å²) < 4.78 is 4.70. The first-order valence-corrected chi connectivity index (χ1v) is 5.04. The molecular formula is C8H12NO3P. The number of hydrogen-bond donors (Lipinski definition) is 3. The van der Waals surface area contributed by atoms with E-state index in [1.165, 1.54) is 0 Å². The summed E-state index contributed by atoms with van der Waals surface area (Å²) in [5.41, 5.74) is 7.12. The van der Waals surface area contributed by atoms with Crippen molar-refractivity contribution in [1.29, 1.82) is 0 Å². The summed E-state index contributed by atoms with van der Waals surface area (Å²) >= 11 is 0. The molecule has 4 N–H and O–H groups in total. The summed E-state index contributed by atoms with van der Waals surface area (Å²) in [6, 6.07) is 5.23. The highest BCUT2D eigenvalue weighted by atomic mass is 31.2. The van der Waals surface area contributed by atoms with Crippen LogP contribution >= 0.6 is 8.60 Å². The predicted octanol–water partition coefficient (Wildman–Crippen LogP) is 1.42. The molecule has 0 aliphatic rings. The van der Waals surface area contributed by atoms with Gasteiger partial charge in [-0.25, -0.2) is 0 Å². The third-order valence-electron chi connectivity index (χ3n) is 1.66. The SMILES string of the molecule is CCc1ccc(OP(O)O)c(N)c1. The number of anilines is 1. The van der Waals surface area contributed by atoms with E-state index >= 15 is 0 Å². The minimum Gasteiger partial charge on any atom is -0.425 e. The highest BCUT2D eigenvalue weighted by molar-refractivity contribution is 7.39. The molecule has 0 radical (unpaired) electrons. The Morgan fingerprint density at radius 3 is 2.62 bits per heavy atom. The average Bonchev–Trinajstić information content (AvgIpc) is 2.08. The zero-order valence-electron chi connectivity index (χ0n) is 7.27. The summed E-state index contributed by atoms with van der Waals surface area (Å²) in [6.07, 6.45) is 0.886. The Morgan fingerprint density at radius 1 is 1.46 bits per heavy atom. The van der Waals surface area contributed by atoms with Crippen molar-refractivity contribution < 1.29 is 14.3 Å². The molecular weight excluding hydrogens is 189 g/mol. The molecule has 1 rings (SSSR count). The fourth-order valence-corrected chi connectivity index (χ4v) is 1.33. The van der Waals surface area contributed by atoms with E-state index in [4.69, 9.17) is 20.0 Å². The zero-order chi connectivity index (χ0) is 9.84. The van der Waals surface area contributed by atoms with E-state index in [2.05, 4.69) is 0 Å². The number of nitrogens with two attached hydrogens (primary N) is 1. The fraction of sp³-hybridized carbons (Fsp3) is 0.250. The van der Waals surface area contributed by atoms with Gasteiger partial charge in [0.25, 0.3) is 0 Å². The zero-order valence-corrected chi connectivity index (χ0v) is 8.16. The Morgan fingerprint density at radius 2 is 2.15 bits per heavy atom. The third-order valence-corrected chi connectivity index (χ3v) is 2.02. The van der Waals surface area contributed by atoms with E-state index in [1.54, 1.807) is 12.1 Å². The van der Waals surface area contributed by atoms with Crippen LogP contribution in [0.25, 0.3) is 0 Å². The highest BCUT2D eigenvalue weighted by Gasteiger charge is 2.06. The topological polar surface area (TPSA) is 75.7 Å². The monoisotopic (exact) mass is 201 g/mol. The molecule has 0 bridgehead atoms. The molecule has 0 heterocycles. The van der Waals surface area contributed by atoms with Gasteiger partial charge in [0.2, 0.25) is 0 Å². The van der Waals surface area contributed by atoms with Crippen LogP contribution < -0.4 is 10.3 Å². The third kappa shape index (κ3) is 2.84. The van der Waals surface area contributed by atoms with Crippen LogP contribution in [0, 0.1) is 0 Å². The lowest BCUT2D eigenvalue weighted by Gasteiger charge is -2.08. The molecule has 0 aliphatic heterocycles. The molecule has 0 aliphatic carbocycles. The van der Waals surface area contributed by atoms with E-state index in [-0.39, 0.29) is 0 Å². The fourth-order valence-electron chi connectivity index (χ4n) is 0.989. The highest BCUT2D eigenvalue weighted by Crippen LogP contribution is 2.33. The van der Waals surface area contributed by atoms with Crippen molar-refractivity contribution in [2.24, 2.45) is 0 Å². The van der Waals surface area contributed by atoms with Crippen LogP contribution in [0.5, 0.6) is 5.75 Å². The van der Waals surface area contributed by atoms with Gasteiger partial charge in [0.15, 0.2) is 5.75 Å². The maximum atomic E-state index is 8.60. The van der Waals surface area contributed by atoms with Crippen molar-refractivity contribution in [3.05, 3.63) is 23.8 Å². The Balaban J connectivity index is 2.85. The van der Waals surface area contributed by atoms with Crippen molar-refractivity contribution in [2.45, 2.75) is 13.3 Å². The van der Waals surface area contributed by atoms with Gasteiger partial charge >= 0.3 is 8.60 Å². The summed E-state index contributed by atoms with van der Waals surface area (Å²) in [4.78, 5) is 17.2. The lowest BCUT2D eigenvalue weighted by Crippen LogP contribution is -1.94. The summed E-state index contributed by atoms with van der Waals surface area (Å²) in [6.45, 7) is 2.01. The molecule has 0 spiro atoms. The predicted molar refractivity (Wildman–Crippen MR) is 52.2 cm³/mol. The van der Waals surface area contributed by atoms with Crippen LogP contribution in [-0.2, 0) is 6.42 Å². The van der Waals surface area contributed by atoms with Crippen LogP contribution in [0.3, 0.4) is 0 Å². The number of hydrogen-bond acceptors (Lipinski definition) is 4. The quantitative estimate of drug-likeness (QED) is 0.510.